The van der Waals surface area contributed by atoms with Crippen LogP contribution in [-0.4, -0.2) is 19.1 Å². The molecular formula is C14H21FN2. The Labute approximate surface area is 103 Å². The molecule has 1 aliphatic heterocycles. The van der Waals surface area contributed by atoms with Crippen LogP contribution in [0.1, 0.15) is 26.2 Å². The molecule has 3 heteroatoms. The highest BCUT2D eigenvalue weighted by Gasteiger charge is 2.24. The van der Waals surface area contributed by atoms with Crippen LogP contribution in [0, 0.1) is 11.7 Å². The van der Waals surface area contributed by atoms with Gasteiger partial charge in [0.15, 0.2) is 0 Å². The molecule has 1 fully saturated rings. The second kappa shape index (κ2) is 5.50. The Morgan fingerprint density at radius 1 is 1.53 bits per heavy atom. The van der Waals surface area contributed by atoms with E-state index in [1.54, 1.807) is 12.1 Å². The Morgan fingerprint density at radius 3 is 3.06 bits per heavy atom. The Morgan fingerprint density at radius 2 is 2.35 bits per heavy atom. The van der Waals surface area contributed by atoms with Crippen LogP contribution >= 0.6 is 0 Å². The van der Waals surface area contributed by atoms with Gasteiger partial charge in [0.25, 0.3) is 0 Å². The summed E-state index contributed by atoms with van der Waals surface area (Å²) >= 11 is 0. The van der Waals surface area contributed by atoms with Crippen molar-refractivity contribution in [3.63, 3.8) is 0 Å². The predicted molar refractivity (Wildman–Crippen MR) is 69.6 cm³/mol. The first-order chi connectivity index (χ1) is 8.19. The maximum Gasteiger partial charge on any atom is 0.125 e. The minimum atomic E-state index is -0.156. The molecule has 1 heterocycles. The zero-order valence-electron chi connectivity index (χ0n) is 10.4. The lowest BCUT2D eigenvalue weighted by Gasteiger charge is -2.19. The third-order valence-corrected chi connectivity index (χ3v) is 3.62. The highest BCUT2D eigenvalue weighted by atomic mass is 19.1. The SMILES string of the molecule is CCC(N)CC1CCN(c2cccc(F)c2)C1. The first-order valence-electron chi connectivity index (χ1n) is 6.45. The van der Waals surface area contributed by atoms with Crippen molar-refractivity contribution >= 4 is 5.69 Å². The maximum absolute atomic E-state index is 13.1. The highest BCUT2D eigenvalue weighted by Crippen LogP contribution is 2.26. The number of benzene rings is 1. The summed E-state index contributed by atoms with van der Waals surface area (Å²) in [4.78, 5) is 2.26. The van der Waals surface area contributed by atoms with E-state index in [1.807, 2.05) is 6.07 Å². The molecule has 1 aromatic rings. The molecule has 0 amide bonds. The largest absolute Gasteiger partial charge is 0.371 e. The third-order valence-electron chi connectivity index (χ3n) is 3.62. The van der Waals surface area contributed by atoms with Crippen molar-refractivity contribution in [2.45, 2.75) is 32.2 Å². The number of hydrogen-bond donors (Lipinski definition) is 1. The monoisotopic (exact) mass is 236 g/mol. The molecule has 0 aromatic heterocycles. The smallest absolute Gasteiger partial charge is 0.125 e. The van der Waals surface area contributed by atoms with Gasteiger partial charge < -0.3 is 10.6 Å². The predicted octanol–water partition coefficient (Wildman–Crippen LogP) is 2.78. The molecular weight excluding hydrogens is 215 g/mol. The van der Waals surface area contributed by atoms with E-state index in [-0.39, 0.29) is 5.82 Å². The Bertz CT molecular complexity index is 367. The fourth-order valence-electron chi connectivity index (χ4n) is 2.53. The van der Waals surface area contributed by atoms with E-state index < -0.39 is 0 Å². The molecule has 2 rings (SSSR count). The second-order valence-corrected chi connectivity index (χ2v) is 4.98. The molecule has 2 N–H and O–H groups in total. The fourth-order valence-corrected chi connectivity index (χ4v) is 2.53. The molecule has 0 bridgehead atoms. The molecule has 2 atom stereocenters. The van der Waals surface area contributed by atoms with Crippen LogP contribution in [0.5, 0.6) is 0 Å². The van der Waals surface area contributed by atoms with E-state index in [9.17, 15) is 4.39 Å². The van der Waals surface area contributed by atoms with E-state index >= 15 is 0 Å². The summed E-state index contributed by atoms with van der Waals surface area (Å²) in [5.41, 5.74) is 6.98. The molecule has 1 aliphatic rings. The number of rotatable bonds is 4. The van der Waals surface area contributed by atoms with Crippen molar-refractivity contribution < 1.29 is 4.39 Å². The molecule has 1 aromatic carbocycles. The van der Waals surface area contributed by atoms with Gasteiger partial charge in [-0.15, -0.1) is 0 Å². The number of nitrogens with zero attached hydrogens (tertiary/aromatic N) is 1. The lowest BCUT2D eigenvalue weighted by atomic mass is 9.98. The first-order valence-corrected chi connectivity index (χ1v) is 6.45. The summed E-state index contributed by atoms with van der Waals surface area (Å²) in [7, 11) is 0. The quantitative estimate of drug-likeness (QED) is 0.871. The normalized spacial score (nSPS) is 21.8. The Kier molecular flexibility index (Phi) is 4.00. The van der Waals surface area contributed by atoms with Gasteiger partial charge in [-0.1, -0.05) is 13.0 Å². The molecule has 0 saturated carbocycles. The summed E-state index contributed by atoms with van der Waals surface area (Å²) in [5, 5.41) is 0. The number of nitrogens with two attached hydrogens (primary N) is 1. The van der Waals surface area contributed by atoms with Crippen LogP contribution in [0.25, 0.3) is 0 Å². The van der Waals surface area contributed by atoms with Gasteiger partial charge in [-0.2, -0.15) is 0 Å². The first kappa shape index (κ1) is 12.4. The summed E-state index contributed by atoms with van der Waals surface area (Å²) < 4.78 is 13.1. The van der Waals surface area contributed by atoms with Crippen molar-refractivity contribution in [1.29, 1.82) is 0 Å². The van der Waals surface area contributed by atoms with Crippen molar-refractivity contribution in [1.82, 2.24) is 0 Å². The molecule has 0 radical (unpaired) electrons. The third kappa shape index (κ3) is 3.19. The molecule has 94 valence electrons. The lowest BCUT2D eigenvalue weighted by Crippen LogP contribution is -2.25. The van der Waals surface area contributed by atoms with Crippen molar-refractivity contribution in [2.24, 2.45) is 11.7 Å². The Balaban J connectivity index is 1.93. The van der Waals surface area contributed by atoms with Crippen LogP contribution in [-0.2, 0) is 0 Å². The zero-order valence-corrected chi connectivity index (χ0v) is 10.4. The standard InChI is InChI=1S/C14H21FN2/c1-2-13(16)8-11-6-7-17(10-11)14-5-3-4-12(15)9-14/h3-5,9,11,13H,2,6-8,10,16H2,1H3. The highest BCUT2D eigenvalue weighted by molar-refractivity contribution is 5.47. The summed E-state index contributed by atoms with van der Waals surface area (Å²) in [6.45, 7) is 4.16. The summed E-state index contributed by atoms with van der Waals surface area (Å²) in [6.07, 6.45) is 3.29. The van der Waals surface area contributed by atoms with Crippen molar-refractivity contribution in [3.8, 4) is 0 Å². The molecule has 2 unspecified atom stereocenters. The van der Waals surface area contributed by atoms with Crippen LogP contribution in [0.4, 0.5) is 10.1 Å². The molecule has 2 nitrogen and oxygen atoms in total. The zero-order chi connectivity index (χ0) is 12.3. The van der Waals surface area contributed by atoms with Gasteiger partial charge in [-0.3, -0.25) is 0 Å². The maximum atomic E-state index is 13.1. The topological polar surface area (TPSA) is 29.3 Å². The lowest BCUT2D eigenvalue weighted by molar-refractivity contribution is 0.458. The van der Waals surface area contributed by atoms with Gasteiger partial charge >= 0.3 is 0 Å². The number of hydrogen-bond acceptors (Lipinski definition) is 2. The van der Waals surface area contributed by atoms with Crippen molar-refractivity contribution in [3.05, 3.63) is 30.1 Å². The fraction of sp³-hybridized carbons (Fsp3) is 0.571. The number of anilines is 1. The molecule has 0 spiro atoms. The van der Waals surface area contributed by atoms with Crippen LogP contribution in [0.15, 0.2) is 24.3 Å². The van der Waals surface area contributed by atoms with Crippen LogP contribution in [0.2, 0.25) is 0 Å². The van der Waals surface area contributed by atoms with E-state index in [4.69, 9.17) is 5.73 Å². The van der Waals surface area contributed by atoms with Gasteiger partial charge in [0.05, 0.1) is 0 Å². The van der Waals surface area contributed by atoms with Gasteiger partial charge in [0.2, 0.25) is 0 Å². The Hall–Kier alpha value is -1.09. The second-order valence-electron chi connectivity index (χ2n) is 4.98. The number of halogens is 1. The summed E-state index contributed by atoms with van der Waals surface area (Å²) in [6, 6.07) is 7.17. The van der Waals surface area contributed by atoms with Crippen LogP contribution in [0.3, 0.4) is 0 Å². The van der Waals surface area contributed by atoms with E-state index in [1.165, 1.54) is 12.5 Å². The molecule has 1 saturated heterocycles. The van der Waals surface area contributed by atoms with Gasteiger partial charge in [-0.25, -0.2) is 4.39 Å². The molecule has 0 aliphatic carbocycles. The minimum absolute atomic E-state index is 0.156. The van der Waals surface area contributed by atoms with Crippen molar-refractivity contribution in [2.75, 3.05) is 18.0 Å². The average molecular weight is 236 g/mol. The average Bonchev–Trinajstić information content (AvgIpc) is 2.77. The summed E-state index contributed by atoms with van der Waals surface area (Å²) in [5.74, 6) is 0.504. The van der Waals surface area contributed by atoms with Gasteiger partial charge in [0, 0.05) is 24.8 Å². The van der Waals surface area contributed by atoms with Crippen LogP contribution < -0.4 is 10.6 Å². The van der Waals surface area contributed by atoms with Gasteiger partial charge in [0.1, 0.15) is 5.82 Å². The van der Waals surface area contributed by atoms with Gasteiger partial charge in [-0.05, 0) is 43.4 Å². The van der Waals surface area contributed by atoms with E-state index in [2.05, 4.69) is 11.8 Å². The molecule has 17 heavy (non-hydrogen) atoms. The van der Waals surface area contributed by atoms with E-state index in [0.717, 1.165) is 31.6 Å². The minimum Gasteiger partial charge on any atom is -0.371 e. The van der Waals surface area contributed by atoms with E-state index in [0.29, 0.717) is 12.0 Å².